The summed E-state index contributed by atoms with van der Waals surface area (Å²) in [6.45, 7) is 8.90. The van der Waals surface area contributed by atoms with Crippen molar-refractivity contribution >= 4 is 18.0 Å². The van der Waals surface area contributed by atoms with Crippen molar-refractivity contribution in [1.82, 2.24) is 0 Å². The molecule has 25 heavy (non-hydrogen) atoms. The average Bonchev–Trinajstić information content (AvgIpc) is 2.88. The highest BCUT2D eigenvalue weighted by molar-refractivity contribution is 5.88. The normalized spacial score (nSPS) is 16.4. The summed E-state index contributed by atoms with van der Waals surface area (Å²) in [6.07, 6.45) is 3.83. The Bertz CT molecular complexity index is 851. The predicted octanol–water partition coefficient (Wildman–Crippen LogP) is 5.60. The van der Waals surface area contributed by atoms with Gasteiger partial charge in [0.25, 0.3) is 0 Å². The Morgan fingerprint density at radius 2 is 1.68 bits per heavy atom. The Morgan fingerprint density at radius 1 is 1.00 bits per heavy atom. The molecule has 1 unspecified atom stereocenters. The summed E-state index contributed by atoms with van der Waals surface area (Å²) in [7, 11) is 4.15. The van der Waals surface area contributed by atoms with E-state index in [0.29, 0.717) is 0 Å². The number of hydrogen-bond donors (Lipinski definition) is 1. The first kappa shape index (κ1) is 17.5. The van der Waals surface area contributed by atoms with E-state index in [-0.39, 0.29) is 11.3 Å². The van der Waals surface area contributed by atoms with Gasteiger partial charge in [0.05, 0.1) is 0 Å². The van der Waals surface area contributed by atoms with Crippen LogP contribution in [-0.4, -0.2) is 20.3 Å². The minimum absolute atomic E-state index is 0.0295. The zero-order valence-corrected chi connectivity index (χ0v) is 16.1. The van der Waals surface area contributed by atoms with E-state index in [2.05, 4.69) is 89.2 Å². The molecule has 2 heteroatoms. The second-order valence-electron chi connectivity index (χ2n) is 8.20. The zero-order chi connectivity index (χ0) is 18.4. The summed E-state index contributed by atoms with van der Waals surface area (Å²) in [5.74, 6) is 0.241. The number of anilines is 1. The van der Waals surface area contributed by atoms with Gasteiger partial charge in [-0.05, 0) is 40.7 Å². The third-order valence-corrected chi connectivity index (χ3v) is 5.09. The molecule has 3 rings (SSSR count). The van der Waals surface area contributed by atoms with Crippen LogP contribution in [-0.2, 0) is 5.41 Å². The summed E-state index contributed by atoms with van der Waals surface area (Å²) in [5, 5.41) is 8.19. The van der Waals surface area contributed by atoms with E-state index >= 15 is 0 Å². The molecule has 0 heterocycles. The SMILES string of the molecule is CC1=Cc2ccccc2C1c1ccc(N(C)C)c(C(C)(C)C)c1C=N. The van der Waals surface area contributed by atoms with Crippen LogP contribution in [0.5, 0.6) is 0 Å². The van der Waals surface area contributed by atoms with Crippen molar-refractivity contribution in [1.29, 1.82) is 5.41 Å². The van der Waals surface area contributed by atoms with Crippen molar-refractivity contribution in [3.05, 3.63) is 69.8 Å². The van der Waals surface area contributed by atoms with Crippen molar-refractivity contribution in [3.8, 4) is 0 Å². The Balaban J connectivity index is 2.29. The number of rotatable bonds is 3. The van der Waals surface area contributed by atoms with Crippen molar-refractivity contribution in [2.45, 2.75) is 39.0 Å². The van der Waals surface area contributed by atoms with Gasteiger partial charge in [-0.3, -0.25) is 0 Å². The van der Waals surface area contributed by atoms with E-state index in [4.69, 9.17) is 5.41 Å². The van der Waals surface area contributed by atoms with Gasteiger partial charge in [0, 0.05) is 37.5 Å². The van der Waals surface area contributed by atoms with Crippen LogP contribution in [0.2, 0.25) is 0 Å². The standard InChI is InChI=1S/C23H28N2/c1-15-13-16-9-7-8-10-17(16)21(15)18-11-12-20(25(5)6)22(19(18)14-24)23(2,3)4/h7-14,21,24H,1-6H3. The van der Waals surface area contributed by atoms with Crippen LogP contribution in [0, 0.1) is 5.41 Å². The summed E-state index contributed by atoms with van der Waals surface area (Å²) >= 11 is 0. The molecule has 0 spiro atoms. The molecule has 0 saturated heterocycles. The van der Waals surface area contributed by atoms with E-state index in [1.807, 2.05) is 0 Å². The van der Waals surface area contributed by atoms with Gasteiger partial charge in [0.15, 0.2) is 0 Å². The lowest BCUT2D eigenvalue weighted by Gasteiger charge is -2.31. The molecule has 0 saturated carbocycles. The Morgan fingerprint density at radius 3 is 2.28 bits per heavy atom. The van der Waals surface area contributed by atoms with Crippen LogP contribution >= 0.6 is 0 Å². The summed E-state index contributed by atoms with van der Waals surface area (Å²) in [4.78, 5) is 2.16. The van der Waals surface area contributed by atoms with Gasteiger partial charge < -0.3 is 10.3 Å². The van der Waals surface area contributed by atoms with Crippen molar-refractivity contribution in [3.63, 3.8) is 0 Å². The van der Waals surface area contributed by atoms with Gasteiger partial charge in [0.1, 0.15) is 0 Å². The van der Waals surface area contributed by atoms with Crippen LogP contribution in [0.1, 0.15) is 61.4 Å². The molecule has 1 N–H and O–H groups in total. The Kier molecular flexibility index (Phi) is 4.32. The van der Waals surface area contributed by atoms with Gasteiger partial charge in [0.2, 0.25) is 0 Å². The van der Waals surface area contributed by atoms with E-state index in [1.54, 1.807) is 6.21 Å². The maximum Gasteiger partial charge on any atom is 0.0405 e. The monoisotopic (exact) mass is 332 g/mol. The fourth-order valence-corrected chi connectivity index (χ4v) is 4.08. The molecule has 0 bridgehead atoms. The summed E-state index contributed by atoms with van der Waals surface area (Å²) in [6, 6.07) is 13.0. The van der Waals surface area contributed by atoms with E-state index < -0.39 is 0 Å². The molecule has 2 aromatic rings. The minimum Gasteiger partial charge on any atom is -0.377 e. The van der Waals surface area contributed by atoms with Gasteiger partial charge in [-0.25, -0.2) is 0 Å². The molecule has 0 radical (unpaired) electrons. The molecule has 0 fully saturated rings. The van der Waals surface area contributed by atoms with Crippen LogP contribution < -0.4 is 4.90 Å². The van der Waals surface area contributed by atoms with Crippen molar-refractivity contribution in [2.75, 3.05) is 19.0 Å². The number of hydrogen-bond acceptors (Lipinski definition) is 2. The minimum atomic E-state index is -0.0295. The molecule has 0 aliphatic heterocycles. The molecular formula is C23H28N2. The largest absolute Gasteiger partial charge is 0.377 e. The lowest BCUT2D eigenvalue weighted by molar-refractivity contribution is 0.587. The van der Waals surface area contributed by atoms with Crippen molar-refractivity contribution < 1.29 is 0 Å². The first-order valence-electron chi connectivity index (χ1n) is 8.88. The lowest BCUT2D eigenvalue weighted by Crippen LogP contribution is -2.23. The Labute approximate surface area is 151 Å². The number of allylic oxidation sites excluding steroid dienone is 1. The van der Waals surface area contributed by atoms with E-state index in [0.717, 1.165) is 5.56 Å². The molecule has 2 aromatic carbocycles. The molecular weight excluding hydrogens is 304 g/mol. The number of fused-ring (bicyclic) bond motifs is 1. The number of nitrogens with zero attached hydrogens (tertiary/aromatic N) is 1. The second kappa shape index (κ2) is 6.18. The third kappa shape index (κ3) is 2.90. The first-order valence-corrected chi connectivity index (χ1v) is 8.88. The molecule has 130 valence electrons. The summed E-state index contributed by atoms with van der Waals surface area (Å²) < 4.78 is 0. The third-order valence-electron chi connectivity index (χ3n) is 5.09. The summed E-state index contributed by atoms with van der Waals surface area (Å²) in [5.41, 5.74) is 8.72. The van der Waals surface area contributed by atoms with Crippen LogP contribution in [0.4, 0.5) is 5.69 Å². The highest BCUT2D eigenvalue weighted by Crippen LogP contribution is 2.45. The molecule has 1 aliphatic rings. The molecule has 0 aromatic heterocycles. The van der Waals surface area contributed by atoms with Gasteiger partial charge in [-0.1, -0.05) is 62.8 Å². The fraction of sp³-hybridized carbons (Fsp3) is 0.348. The Hall–Kier alpha value is -2.35. The maximum atomic E-state index is 8.19. The van der Waals surface area contributed by atoms with Crippen LogP contribution in [0.25, 0.3) is 6.08 Å². The highest BCUT2D eigenvalue weighted by atomic mass is 15.1. The van der Waals surface area contributed by atoms with Crippen LogP contribution in [0.3, 0.4) is 0 Å². The topological polar surface area (TPSA) is 27.1 Å². The molecule has 1 aliphatic carbocycles. The predicted molar refractivity (Wildman–Crippen MR) is 109 cm³/mol. The average molecular weight is 332 g/mol. The zero-order valence-electron chi connectivity index (χ0n) is 16.1. The maximum absolute atomic E-state index is 8.19. The van der Waals surface area contributed by atoms with E-state index in [1.165, 1.54) is 33.5 Å². The van der Waals surface area contributed by atoms with E-state index in [9.17, 15) is 0 Å². The van der Waals surface area contributed by atoms with Crippen LogP contribution in [0.15, 0.2) is 42.0 Å². The number of nitrogens with one attached hydrogen (secondary N) is 1. The quantitative estimate of drug-likeness (QED) is 0.728. The first-order chi connectivity index (χ1) is 11.8. The molecule has 1 atom stereocenters. The van der Waals surface area contributed by atoms with Gasteiger partial charge >= 0.3 is 0 Å². The smallest absolute Gasteiger partial charge is 0.0405 e. The van der Waals surface area contributed by atoms with Gasteiger partial charge in [-0.2, -0.15) is 0 Å². The van der Waals surface area contributed by atoms with Crippen molar-refractivity contribution in [2.24, 2.45) is 0 Å². The van der Waals surface area contributed by atoms with Gasteiger partial charge in [-0.15, -0.1) is 0 Å². The highest BCUT2D eigenvalue weighted by Gasteiger charge is 2.30. The second-order valence-corrected chi connectivity index (χ2v) is 8.20. The molecule has 2 nitrogen and oxygen atoms in total. The molecule has 0 amide bonds. The fourth-order valence-electron chi connectivity index (χ4n) is 4.08. The number of benzene rings is 2. The lowest BCUT2D eigenvalue weighted by atomic mass is 9.77.